The van der Waals surface area contributed by atoms with Crippen molar-refractivity contribution in [3.8, 4) is 17.0 Å². The van der Waals surface area contributed by atoms with E-state index in [1.807, 2.05) is 12.1 Å². The van der Waals surface area contributed by atoms with E-state index in [1.54, 1.807) is 53.3 Å². The number of nitrogens with zero attached hydrogens (tertiary/aromatic N) is 5. The summed E-state index contributed by atoms with van der Waals surface area (Å²) in [6.45, 7) is 0.412. The number of methoxy groups -OCH3 is 1. The number of benzene rings is 2. The number of carbonyl (C=O) groups excluding carboxylic acids is 1. The van der Waals surface area contributed by atoms with Gasteiger partial charge in [0.05, 0.1) is 25.5 Å². The molecule has 0 saturated heterocycles. The molecule has 0 unspecified atom stereocenters. The molecule has 3 aromatic heterocycles. The number of halogens is 4. The van der Waals surface area contributed by atoms with Crippen LogP contribution in [0.4, 0.5) is 19.0 Å². The molecule has 0 aliphatic rings. The molecular formula is C25H18ClF3N6O2. The lowest BCUT2D eigenvalue weighted by Gasteiger charge is -2.12. The zero-order valence-corrected chi connectivity index (χ0v) is 20.0. The standard InChI is InChI=1S/C25H18ClF3N6O2/c1-37-18-7-5-16(6-8-18)20-12-21(25(27,28)29)35-23(31-20)19(13-30-35)24(36)32-22-9-10-34(33-22)14-15-3-2-4-17(26)11-15/h2-13H,14H2,1H3,(H,32,33,36). The maximum atomic E-state index is 13.9. The number of hydrogen-bond acceptors (Lipinski definition) is 5. The molecular weight excluding hydrogens is 509 g/mol. The van der Waals surface area contributed by atoms with Crippen LogP contribution in [0.1, 0.15) is 21.6 Å². The number of aromatic nitrogens is 5. The van der Waals surface area contributed by atoms with Gasteiger partial charge >= 0.3 is 6.18 Å². The topological polar surface area (TPSA) is 86.3 Å². The Hall–Kier alpha value is -4.38. The Morgan fingerprint density at radius 2 is 1.89 bits per heavy atom. The van der Waals surface area contributed by atoms with E-state index in [0.717, 1.165) is 17.8 Å². The van der Waals surface area contributed by atoms with Crippen LogP contribution < -0.4 is 10.1 Å². The van der Waals surface area contributed by atoms with Gasteiger partial charge in [0, 0.05) is 22.8 Å². The van der Waals surface area contributed by atoms with Gasteiger partial charge in [0.25, 0.3) is 5.91 Å². The lowest BCUT2D eigenvalue weighted by molar-refractivity contribution is -0.142. The maximum absolute atomic E-state index is 13.9. The van der Waals surface area contributed by atoms with Crippen molar-refractivity contribution in [3.63, 3.8) is 0 Å². The minimum Gasteiger partial charge on any atom is -0.497 e. The molecule has 5 rings (SSSR count). The third kappa shape index (κ3) is 5.12. The number of amides is 1. The highest BCUT2D eigenvalue weighted by molar-refractivity contribution is 6.30. The molecule has 0 fully saturated rings. The molecule has 5 aromatic rings. The first kappa shape index (κ1) is 24.3. The number of fused-ring (bicyclic) bond motifs is 1. The van der Waals surface area contributed by atoms with Gasteiger partial charge in [-0.15, -0.1) is 0 Å². The number of hydrogen-bond donors (Lipinski definition) is 1. The second-order valence-corrected chi connectivity index (χ2v) is 8.47. The maximum Gasteiger partial charge on any atom is 0.433 e. The summed E-state index contributed by atoms with van der Waals surface area (Å²) in [6, 6.07) is 16.1. The summed E-state index contributed by atoms with van der Waals surface area (Å²) < 4.78 is 48.9. The number of carbonyl (C=O) groups is 1. The van der Waals surface area contributed by atoms with Gasteiger partial charge in [-0.25, -0.2) is 9.50 Å². The molecule has 0 spiro atoms. The van der Waals surface area contributed by atoms with Crippen molar-refractivity contribution in [2.75, 3.05) is 12.4 Å². The smallest absolute Gasteiger partial charge is 0.433 e. The fourth-order valence-electron chi connectivity index (χ4n) is 3.76. The largest absolute Gasteiger partial charge is 0.497 e. The first-order valence-electron chi connectivity index (χ1n) is 10.9. The molecule has 188 valence electrons. The highest BCUT2D eigenvalue weighted by atomic mass is 35.5. The number of nitrogens with one attached hydrogen (secondary N) is 1. The second kappa shape index (κ2) is 9.58. The summed E-state index contributed by atoms with van der Waals surface area (Å²) in [5.41, 5.74) is -0.0788. The SMILES string of the molecule is COc1ccc(-c2cc(C(F)(F)F)n3ncc(C(=O)Nc4ccn(Cc5cccc(Cl)c5)n4)c3n2)cc1. The van der Waals surface area contributed by atoms with Crippen molar-refractivity contribution < 1.29 is 22.7 Å². The highest BCUT2D eigenvalue weighted by Gasteiger charge is 2.36. The molecule has 0 atom stereocenters. The zero-order valence-electron chi connectivity index (χ0n) is 19.2. The minimum absolute atomic E-state index is 0.0304. The molecule has 0 aliphatic heterocycles. The average molecular weight is 527 g/mol. The number of alkyl halides is 3. The molecule has 37 heavy (non-hydrogen) atoms. The van der Waals surface area contributed by atoms with E-state index < -0.39 is 17.8 Å². The van der Waals surface area contributed by atoms with Gasteiger partial charge in [-0.05, 0) is 48.0 Å². The quantitative estimate of drug-likeness (QED) is 0.312. The average Bonchev–Trinajstić information content (AvgIpc) is 3.49. The van der Waals surface area contributed by atoms with Gasteiger partial charge in [0.15, 0.2) is 17.2 Å². The van der Waals surface area contributed by atoms with Crippen molar-refractivity contribution in [2.45, 2.75) is 12.7 Å². The Kier molecular flexibility index (Phi) is 6.30. The van der Waals surface area contributed by atoms with E-state index >= 15 is 0 Å². The highest BCUT2D eigenvalue weighted by Crippen LogP contribution is 2.33. The third-order valence-corrected chi connectivity index (χ3v) is 5.74. The molecule has 0 bridgehead atoms. The molecule has 8 nitrogen and oxygen atoms in total. The van der Waals surface area contributed by atoms with Gasteiger partial charge < -0.3 is 10.1 Å². The lowest BCUT2D eigenvalue weighted by Crippen LogP contribution is -2.16. The first-order valence-corrected chi connectivity index (χ1v) is 11.3. The molecule has 12 heteroatoms. The summed E-state index contributed by atoms with van der Waals surface area (Å²) in [4.78, 5) is 17.4. The first-order chi connectivity index (χ1) is 17.7. The van der Waals surface area contributed by atoms with E-state index in [1.165, 1.54) is 7.11 Å². The van der Waals surface area contributed by atoms with Gasteiger partial charge in [0.1, 0.15) is 11.3 Å². The lowest BCUT2D eigenvalue weighted by atomic mass is 10.1. The molecule has 0 aliphatic carbocycles. The van der Waals surface area contributed by atoms with Crippen molar-refractivity contribution in [1.82, 2.24) is 24.4 Å². The minimum atomic E-state index is -4.73. The van der Waals surface area contributed by atoms with Gasteiger partial charge in [0.2, 0.25) is 0 Å². The van der Waals surface area contributed by atoms with Gasteiger partial charge in [-0.1, -0.05) is 23.7 Å². The van der Waals surface area contributed by atoms with Crippen LogP contribution in [0.25, 0.3) is 16.9 Å². The number of ether oxygens (including phenoxy) is 1. The van der Waals surface area contributed by atoms with Gasteiger partial charge in [-0.2, -0.15) is 23.4 Å². The molecule has 3 heterocycles. The number of rotatable bonds is 6. The Labute approximate surface area is 213 Å². The van der Waals surface area contributed by atoms with E-state index in [9.17, 15) is 18.0 Å². The van der Waals surface area contributed by atoms with E-state index in [2.05, 4.69) is 20.5 Å². The molecule has 0 saturated carbocycles. The van der Waals surface area contributed by atoms with Gasteiger partial charge in [-0.3, -0.25) is 9.48 Å². The molecule has 1 N–H and O–H groups in total. The Morgan fingerprint density at radius 1 is 1.11 bits per heavy atom. The van der Waals surface area contributed by atoms with Crippen molar-refractivity contribution in [3.05, 3.63) is 94.9 Å². The van der Waals surface area contributed by atoms with Crippen LogP contribution in [0.5, 0.6) is 5.75 Å². The van der Waals surface area contributed by atoms with Crippen molar-refractivity contribution >= 4 is 29.0 Å². The normalized spacial score (nSPS) is 11.6. The fourth-order valence-corrected chi connectivity index (χ4v) is 3.97. The zero-order chi connectivity index (χ0) is 26.2. The third-order valence-electron chi connectivity index (χ3n) is 5.51. The van der Waals surface area contributed by atoms with Crippen molar-refractivity contribution in [1.29, 1.82) is 0 Å². The van der Waals surface area contributed by atoms with Crippen LogP contribution in [-0.4, -0.2) is 37.4 Å². The summed E-state index contributed by atoms with van der Waals surface area (Å²) in [5.74, 6) is 0.0596. The van der Waals surface area contributed by atoms with Crippen LogP contribution in [-0.2, 0) is 12.7 Å². The summed E-state index contributed by atoms with van der Waals surface area (Å²) in [6.07, 6.45) is -2.02. The van der Waals surface area contributed by atoms with Crippen LogP contribution >= 0.6 is 11.6 Å². The Balaban J connectivity index is 1.46. The number of anilines is 1. The van der Waals surface area contributed by atoms with E-state index in [-0.39, 0.29) is 22.7 Å². The van der Waals surface area contributed by atoms with Crippen LogP contribution in [0.3, 0.4) is 0 Å². The summed E-state index contributed by atoms with van der Waals surface area (Å²) >= 11 is 6.02. The monoisotopic (exact) mass is 526 g/mol. The summed E-state index contributed by atoms with van der Waals surface area (Å²) in [7, 11) is 1.48. The van der Waals surface area contributed by atoms with Crippen LogP contribution in [0.15, 0.2) is 73.1 Å². The second-order valence-electron chi connectivity index (χ2n) is 8.03. The van der Waals surface area contributed by atoms with E-state index in [0.29, 0.717) is 27.4 Å². The predicted octanol–water partition coefficient (Wildman–Crippen LogP) is 5.57. The van der Waals surface area contributed by atoms with E-state index in [4.69, 9.17) is 16.3 Å². The summed E-state index contributed by atoms with van der Waals surface area (Å²) in [5, 5.41) is 11.3. The van der Waals surface area contributed by atoms with Crippen LogP contribution in [0, 0.1) is 0 Å². The molecule has 2 aromatic carbocycles. The molecule has 1 amide bonds. The Bertz CT molecular complexity index is 1590. The van der Waals surface area contributed by atoms with Crippen LogP contribution in [0.2, 0.25) is 5.02 Å². The predicted molar refractivity (Wildman–Crippen MR) is 131 cm³/mol. The van der Waals surface area contributed by atoms with Crippen molar-refractivity contribution in [2.24, 2.45) is 0 Å². The Morgan fingerprint density at radius 3 is 2.59 bits per heavy atom. The molecule has 0 radical (unpaired) electrons. The fraction of sp³-hybridized carbons (Fsp3) is 0.120.